The predicted molar refractivity (Wildman–Crippen MR) is 242 cm³/mol. The predicted octanol–water partition coefficient (Wildman–Crippen LogP) is 5.63. The number of halogens is 2. The normalized spacial score (nSPS) is 20.0. The number of likely N-dealkylation sites (N-methyl/N-ethyl adjacent to an activating group) is 1. The molecule has 0 radical (unpaired) electrons. The molecule has 1 saturated carbocycles. The van der Waals surface area contributed by atoms with Gasteiger partial charge in [-0.3, -0.25) is 28.9 Å². The van der Waals surface area contributed by atoms with Gasteiger partial charge in [0, 0.05) is 75.2 Å². The van der Waals surface area contributed by atoms with Crippen molar-refractivity contribution in [3.05, 3.63) is 41.5 Å². The highest BCUT2D eigenvalue weighted by Crippen LogP contribution is 2.43. The van der Waals surface area contributed by atoms with E-state index in [2.05, 4.69) is 60.1 Å². The Morgan fingerprint density at radius 3 is 1.83 bits per heavy atom. The number of fused-ring (bicyclic) bond motifs is 2. The summed E-state index contributed by atoms with van der Waals surface area (Å²) < 4.78 is 40.7. The van der Waals surface area contributed by atoms with Gasteiger partial charge in [-0.05, 0) is 82.4 Å². The van der Waals surface area contributed by atoms with Crippen molar-refractivity contribution in [2.75, 3.05) is 58.4 Å². The van der Waals surface area contributed by atoms with Crippen molar-refractivity contribution in [1.82, 2.24) is 40.9 Å². The molecule has 4 atom stereocenters. The number of carbonyl (C=O) groups is 5. The lowest BCUT2D eigenvalue weighted by atomic mass is 9.86. The second kappa shape index (κ2) is 26.0. The molecule has 362 valence electrons. The van der Waals surface area contributed by atoms with Gasteiger partial charge in [0.2, 0.25) is 35.5 Å². The first-order chi connectivity index (χ1) is 31.2. The van der Waals surface area contributed by atoms with Gasteiger partial charge in [0.25, 0.3) is 0 Å². The summed E-state index contributed by atoms with van der Waals surface area (Å²) >= 11 is 0. The molecule has 1 aliphatic carbocycles. The van der Waals surface area contributed by atoms with Crippen molar-refractivity contribution in [2.24, 2.45) is 5.92 Å². The molecule has 1 unspecified atom stereocenters. The van der Waals surface area contributed by atoms with Crippen molar-refractivity contribution in [3.63, 3.8) is 0 Å². The number of nitrogens with one attached hydrogen (secondary N) is 5. The molecule has 3 fully saturated rings. The minimum absolute atomic E-state index is 0.138. The van der Waals surface area contributed by atoms with Gasteiger partial charge in [0.15, 0.2) is 0 Å². The monoisotopic (exact) mass is 914 g/mol. The van der Waals surface area contributed by atoms with Crippen LogP contribution in [-0.4, -0.2) is 120 Å². The molecule has 1 aromatic carbocycles. The van der Waals surface area contributed by atoms with Crippen LogP contribution in [0.3, 0.4) is 0 Å². The van der Waals surface area contributed by atoms with Gasteiger partial charge in [-0.25, -0.2) is 8.78 Å². The number of amides is 5. The number of hydrogen-bond donors (Lipinski definition) is 5. The van der Waals surface area contributed by atoms with E-state index in [1.165, 1.54) is 7.05 Å². The maximum atomic E-state index is 14.0. The Bertz CT molecular complexity index is 1820. The molecule has 2 saturated heterocycles. The van der Waals surface area contributed by atoms with Gasteiger partial charge in [0.1, 0.15) is 38.1 Å². The van der Waals surface area contributed by atoms with E-state index >= 15 is 0 Å². The Morgan fingerprint density at radius 2 is 1.28 bits per heavy atom. The van der Waals surface area contributed by atoms with Crippen LogP contribution in [0.5, 0.6) is 0 Å². The van der Waals surface area contributed by atoms with Crippen molar-refractivity contribution >= 4 is 35.2 Å². The number of rotatable bonds is 27. The molecule has 16 nitrogen and oxygen atoms in total. The average molecular weight is 914 g/mol. The Balaban J connectivity index is 0.992. The molecule has 3 heterocycles. The number of hydrogen-bond acceptors (Lipinski definition) is 10. The summed E-state index contributed by atoms with van der Waals surface area (Å²) in [6.07, 6.45) is 11.5. The second-order valence-electron chi connectivity index (χ2n) is 18.4. The molecule has 5 N–H and O–H groups in total. The third-order valence-corrected chi connectivity index (χ3v) is 13.0. The van der Waals surface area contributed by atoms with E-state index in [0.29, 0.717) is 43.3 Å². The largest absolute Gasteiger partial charge is 0.362 e. The molecule has 1 aromatic heterocycles. The van der Waals surface area contributed by atoms with Crippen LogP contribution in [0, 0.1) is 12.8 Å². The van der Waals surface area contributed by atoms with Gasteiger partial charge in [-0.1, -0.05) is 58.1 Å². The summed E-state index contributed by atoms with van der Waals surface area (Å²) in [5, 5.41) is 23.0. The smallest absolute Gasteiger partial charge is 0.250 e. The lowest BCUT2D eigenvalue weighted by Crippen LogP contribution is -2.45. The van der Waals surface area contributed by atoms with Crippen LogP contribution in [0.4, 0.5) is 14.5 Å². The van der Waals surface area contributed by atoms with Gasteiger partial charge in [0.05, 0.1) is 6.04 Å². The maximum Gasteiger partial charge on any atom is 0.250 e. The summed E-state index contributed by atoms with van der Waals surface area (Å²) in [6, 6.07) is 8.15. The molecule has 0 spiro atoms. The number of aryl methyl sites for hydroxylation is 1. The van der Waals surface area contributed by atoms with Gasteiger partial charge >= 0.3 is 0 Å². The van der Waals surface area contributed by atoms with E-state index in [1.54, 1.807) is 12.1 Å². The van der Waals surface area contributed by atoms with Gasteiger partial charge < -0.3 is 40.6 Å². The van der Waals surface area contributed by atoms with E-state index in [1.807, 2.05) is 19.1 Å². The molecule has 18 heteroatoms. The number of benzene rings is 1. The van der Waals surface area contributed by atoms with Crippen LogP contribution in [0.1, 0.15) is 152 Å². The Hall–Kier alpha value is -4.55. The number of alkyl halides is 2. The molecule has 2 aliphatic heterocycles. The number of piperidine rings is 1. The lowest BCUT2D eigenvalue weighted by molar-refractivity contribution is -0.131. The van der Waals surface area contributed by atoms with E-state index in [9.17, 15) is 32.8 Å². The minimum Gasteiger partial charge on any atom is -0.362 e. The van der Waals surface area contributed by atoms with E-state index in [-0.39, 0.29) is 87.7 Å². The van der Waals surface area contributed by atoms with Crippen LogP contribution in [0.25, 0.3) is 0 Å². The number of nitrogens with zero attached hydrogens (tertiary/aromatic N) is 4. The molecule has 5 amide bonds. The number of unbranched alkanes of at least 4 members (excludes halogenated alkanes) is 6. The molecule has 3 aliphatic rings. The highest BCUT2D eigenvalue weighted by atomic mass is 19.3. The summed E-state index contributed by atoms with van der Waals surface area (Å²) in [7, 11) is 1.51. The third-order valence-electron chi connectivity index (χ3n) is 13.0. The van der Waals surface area contributed by atoms with E-state index in [0.717, 1.165) is 94.4 Å². The van der Waals surface area contributed by atoms with E-state index < -0.39 is 17.7 Å². The lowest BCUT2D eigenvalue weighted by Gasteiger charge is -2.40. The van der Waals surface area contributed by atoms with Crippen LogP contribution in [0.2, 0.25) is 0 Å². The zero-order valence-electron chi connectivity index (χ0n) is 38.9. The summed E-state index contributed by atoms with van der Waals surface area (Å²) in [5.74, 6) is -2.30. The highest BCUT2D eigenvalue weighted by Gasteiger charge is 2.43. The Morgan fingerprint density at radius 1 is 0.738 bits per heavy atom. The fourth-order valence-electron chi connectivity index (χ4n) is 9.48. The summed E-state index contributed by atoms with van der Waals surface area (Å²) in [4.78, 5) is 63.9. The zero-order chi connectivity index (χ0) is 46.8. The first-order valence-corrected chi connectivity index (χ1v) is 23.9. The Labute approximate surface area is 382 Å². The maximum absolute atomic E-state index is 14.0. The Kier molecular flexibility index (Phi) is 20.5. The van der Waals surface area contributed by atoms with Crippen LogP contribution in [-0.2, 0) is 33.4 Å². The average Bonchev–Trinajstić information content (AvgIpc) is 3.78. The van der Waals surface area contributed by atoms with Crippen molar-refractivity contribution in [2.45, 2.75) is 160 Å². The highest BCUT2D eigenvalue weighted by molar-refractivity contribution is 5.92. The van der Waals surface area contributed by atoms with Crippen LogP contribution in [0.15, 0.2) is 24.3 Å². The fourth-order valence-corrected chi connectivity index (χ4v) is 9.48. The minimum atomic E-state index is -2.72. The molecule has 5 rings (SSSR count). The van der Waals surface area contributed by atoms with Crippen LogP contribution < -0.4 is 26.6 Å². The van der Waals surface area contributed by atoms with Gasteiger partial charge in [-0.2, -0.15) is 0 Å². The molecule has 2 bridgehead atoms. The molecule has 65 heavy (non-hydrogen) atoms. The second-order valence-corrected chi connectivity index (χ2v) is 18.4. The van der Waals surface area contributed by atoms with Gasteiger partial charge in [-0.15, -0.1) is 10.2 Å². The molecule has 2 aromatic rings. The first kappa shape index (κ1) is 51.4. The van der Waals surface area contributed by atoms with E-state index in [4.69, 9.17) is 9.47 Å². The standard InChI is InChI=1S/C47H73F2N9O7/c1-32(2)45-56-55-33(3)58(45)39-26-37-16-17-38(27-39)57(37)25-20-40(54-46(63)35-18-21-47(48,49)22-19-35)34-12-14-36(15-13-34)53-44(62)31-65-30-43(61)52-24-11-9-7-5-6-8-10-23-51-42(60)29-64-28-41(59)50-4/h12-15,32,35,37-40H,5-11,16-31H2,1-4H3,(H,50,59)(H,51,60)(H,52,61)(H,53,62)(H,54,63)/t37-,38+,39?,40-/m0/s1. The summed E-state index contributed by atoms with van der Waals surface area (Å²) in [5.41, 5.74) is 1.42. The summed E-state index contributed by atoms with van der Waals surface area (Å²) in [6.45, 7) is 7.41. The SMILES string of the molecule is CNC(=O)COCC(=O)NCCCCCCCCCNC(=O)COCC(=O)Nc1ccc([C@H](CCN2[C@@H]3CC[C@H]2CC(n2c(C)nnc2C(C)C)C3)NC(=O)C2CCC(F)(F)CC2)cc1. The number of anilines is 1. The quantitative estimate of drug-likeness (QED) is 0.0701. The number of ether oxygens (including phenoxy) is 2. The number of carbonyl (C=O) groups excluding carboxylic acids is 5. The molecular formula is C47H73F2N9O7. The van der Waals surface area contributed by atoms with Crippen molar-refractivity contribution < 1.29 is 42.2 Å². The van der Waals surface area contributed by atoms with Crippen molar-refractivity contribution in [3.8, 4) is 0 Å². The first-order valence-electron chi connectivity index (χ1n) is 23.9. The van der Waals surface area contributed by atoms with Crippen LogP contribution >= 0.6 is 0 Å². The van der Waals surface area contributed by atoms with Crippen molar-refractivity contribution in [1.29, 1.82) is 0 Å². The number of aromatic nitrogens is 3. The zero-order valence-corrected chi connectivity index (χ0v) is 38.9. The topological polar surface area (TPSA) is 198 Å². The molecular weight excluding hydrogens is 841 g/mol. The third kappa shape index (κ3) is 16.7. The fraction of sp³-hybridized carbons (Fsp3) is 0.723.